The lowest BCUT2D eigenvalue weighted by Gasteiger charge is -2.12. The zero-order valence-electron chi connectivity index (χ0n) is 14.3. The van der Waals surface area contributed by atoms with Gasteiger partial charge >= 0.3 is 0 Å². The third-order valence-electron chi connectivity index (χ3n) is 4.13. The largest absolute Gasteiger partial charge is 0.378 e. The fourth-order valence-corrected chi connectivity index (χ4v) is 2.67. The van der Waals surface area contributed by atoms with Crippen molar-refractivity contribution in [2.75, 3.05) is 25.5 Å². The van der Waals surface area contributed by atoms with Crippen LogP contribution in [0.15, 0.2) is 48.8 Å². The van der Waals surface area contributed by atoms with Crippen LogP contribution in [0.25, 0.3) is 11.0 Å². The zero-order chi connectivity index (χ0) is 17.1. The molecule has 5 heteroatoms. The summed E-state index contributed by atoms with van der Waals surface area (Å²) in [6.45, 7) is 0.604. The van der Waals surface area contributed by atoms with E-state index in [1.807, 2.05) is 61.2 Å². The number of nitrogens with zero attached hydrogens (tertiary/aromatic N) is 3. The average Bonchev–Trinajstić information content (AvgIpc) is 2.95. The molecule has 0 saturated carbocycles. The highest BCUT2D eigenvalue weighted by Gasteiger charge is 2.06. The Morgan fingerprint density at radius 2 is 1.92 bits per heavy atom. The summed E-state index contributed by atoms with van der Waals surface area (Å²) in [5.41, 5.74) is 5.03. The Hall–Kier alpha value is -2.82. The highest BCUT2D eigenvalue weighted by atomic mass is 16.1. The second-order valence-corrected chi connectivity index (χ2v) is 6.13. The number of carbonyl (C=O) groups is 1. The number of amides is 1. The molecule has 1 heterocycles. The topological polar surface area (TPSA) is 50.2 Å². The minimum Gasteiger partial charge on any atom is -0.378 e. The van der Waals surface area contributed by atoms with Crippen LogP contribution in [0.3, 0.4) is 0 Å². The lowest BCUT2D eigenvalue weighted by molar-refractivity contribution is 0.0954. The molecule has 3 aromatic rings. The standard InChI is InChI=1S/C19H22N4O/c1-22(2)16-7-5-15(6-8-16)19(24)20-11-10-14-4-9-18-17(12-14)21-13-23(18)3/h4-9,12-13H,10-11H2,1-3H3,(H,20,24). The maximum Gasteiger partial charge on any atom is 0.251 e. The molecule has 0 saturated heterocycles. The van der Waals surface area contributed by atoms with E-state index < -0.39 is 0 Å². The van der Waals surface area contributed by atoms with E-state index in [9.17, 15) is 4.79 Å². The summed E-state index contributed by atoms with van der Waals surface area (Å²) in [7, 11) is 5.94. The van der Waals surface area contributed by atoms with Gasteiger partial charge in [0.1, 0.15) is 0 Å². The molecule has 0 bridgehead atoms. The van der Waals surface area contributed by atoms with Crippen LogP contribution < -0.4 is 10.2 Å². The zero-order valence-corrected chi connectivity index (χ0v) is 14.3. The molecule has 2 aromatic carbocycles. The highest BCUT2D eigenvalue weighted by Crippen LogP contribution is 2.14. The predicted molar refractivity (Wildman–Crippen MR) is 97.5 cm³/mol. The number of carbonyl (C=O) groups excluding carboxylic acids is 1. The number of anilines is 1. The number of aryl methyl sites for hydroxylation is 1. The smallest absolute Gasteiger partial charge is 0.251 e. The number of nitrogens with one attached hydrogen (secondary N) is 1. The van der Waals surface area contributed by atoms with Crippen molar-refractivity contribution in [1.82, 2.24) is 14.9 Å². The molecule has 124 valence electrons. The minimum absolute atomic E-state index is 0.0424. The fourth-order valence-electron chi connectivity index (χ4n) is 2.67. The summed E-state index contributed by atoms with van der Waals surface area (Å²) in [5, 5.41) is 2.97. The second-order valence-electron chi connectivity index (χ2n) is 6.13. The van der Waals surface area contributed by atoms with Gasteiger partial charge in [0, 0.05) is 38.9 Å². The van der Waals surface area contributed by atoms with E-state index >= 15 is 0 Å². The number of aromatic nitrogens is 2. The molecule has 0 fully saturated rings. The molecule has 0 aliphatic heterocycles. The van der Waals surface area contributed by atoms with Gasteiger partial charge in [0.2, 0.25) is 0 Å². The SMILES string of the molecule is CN(C)c1ccc(C(=O)NCCc2ccc3c(c2)ncn3C)cc1. The van der Waals surface area contributed by atoms with Crippen LogP contribution in [0.2, 0.25) is 0 Å². The number of rotatable bonds is 5. The molecule has 0 spiro atoms. The van der Waals surface area contributed by atoms with E-state index in [0.717, 1.165) is 23.1 Å². The van der Waals surface area contributed by atoms with Crippen LogP contribution in [-0.2, 0) is 13.5 Å². The van der Waals surface area contributed by atoms with Gasteiger partial charge < -0.3 is 14.8 Å². The minimum atomic E-state index is -0.0424. The van der Waals surface area contributed by atoms with Crippen LogP contribution in [-0.4, -0.2) is 36.1 Å². The average molecular weight is 322 g/mol. The lowest BCUT2D eigenvalue weighted by Crippen LogP contribution is -2.25. The quantitative estimate of drug-likeness (QED) is 0.785. The van der Waals surface area contributed by atoms with Crippen molar-refractivity contribution < 1.29 is 4.79 Å². The van der Waals surface area contributed by atoms with Gasteiger partial charge in [-0.05, 0) is 48.4 Å². The first-order chi connectivity index (χ1) is 11.5. The molecule has 24 heavy (non-hydrogen) atoms. The number of imidazole rings is 1. The summed E-state index contributed by atoms with van der Waals surface area (Å²) >= 11 is 0. The molecule has 5 nitrogen and oxygen atoms in total. The van der Waals surface area contributed by atoms with E-state index in [1.165, 1.54) is 5.56 Å². The fraction of sp³-hybridized carbons (Fsp3) is 0.263. The third kappa shape index (κ3) is 3.40. The molecule has 0 atom stereocenters. The van der Waals surface area contributed by atoms with Crippen molar-refractivity contribution in [2.45, 2.75) is 6.42 Å². The summed E-state index contributed by atoms with van der Waals surface area (Å²) in [6, 6.07) is 13.8. The summed E-state index contributed by atoms with van der Waals surface area (Å²) in [6.07, 6.45) is 2.60. The molecule has 3 rings (SSSR count). The molecule has 0 aliphatic carbocycles. The van der Waals surface area contributed by atoms with Gasteiger partial charge in [-0.25, -0.2) is 4.98 Å². The van der Waals surface area contributed by atoms with E-state index in [4.69, 9.17) is 0 Å². The summed E-state index contributed by atoms with van der Waals surface area (Å²) < 4.78 is 2.00. The molecule has 0 aliphatic rings. The molecular weight excluding hydrogens is 300 g/mol. The Bertz CT molecular complexity index is 849. The van der Waals surface area contributed by atoms with Gasteiger partial charge in [-0.3, -0.25) is 4.79 Å². The van der Waals surface area contributed by atoms with Crippen LogP contribution in [0.5, 0.6) is 0 Å². The first kappa shape index (κ1) is 16.1. The van der Waals surface area contributed by atoms with Crippen molar-refractivity contribution in [1.29, 1.82) is 0 Å². The molecule has 0 unspecified atom stereocenters. The van der Waals surface area contributed by atoms with Gasteiger partial charge in [-0.2, -0.15) is 0 Å². The summed E-state index contributed by atoms with van der Waals surface area (Å²) in [4.78, 5) is 18.6. The van der Waals surface area contributed by atoms with Gasteiger partial charge in [0.05, 0.1) is 17.4 Å². The molecule has 1 aromatic heterocycles. The van der Waals surface area contributed by atoms with E-state index in [1.54, 1.807) is 0 Å². The van der Waals surface area contributed by atoms with Crippen molar-refractivity contribution in [3.05, 3.63) is 59.9 Å². The second kappa shape index (κ2) is 6.74. The van der Waals surface area contributed by atoms with Crippen molar-refractivity contribution in [2.24, 2.45) is 7.05 Å². The van der Waals surface area contributed by atoms with Gasteiger partial charge in [0.25, 0.3) is 5.91 Å². The Morgan fingerprint density at radius 1 is 1.17 bits per heavy atom. The summed E-state index contributed by atoms with van der Waals surface area (Å²) in [5.74, 6) is -0.0424. The first-order valence-electron chi connectivity index (χ1n) is 8.00. The Morgan fingerprint density at radius 3 is 2.62 bits per heavy atom. The number of fused-ring (bicyclic) bond motifs is 1. The Kier molecular flexibility index (Phi) is 4.51. The third-order valence-corrected chi connectivity index (χ3v) is 4.13. The lowest BCUT2D eigenvalue weighted by atomic mass is 10.1. The number of hydrogen-bond acceptors (Lipinski definition) is 3. The van der Waals surface area contributed by atoms with E-state index in [2.05, 4.69) is 28.5 Å². The van der Waals surface area contributed by atoms with E-state index in [-0.39, 0.29) is 5.91 Å². The van der Waals surface area contributed by atoms with Crippen LogP contribution in [0.4, 0.5) is 5.69 Å². The maximum absolute atomic E-state index is 12.2. The van der Waals surface area contributed by atoms with Gasteiger partial charge in [0.15, 0.2) is 0 Å². The normalized spacial score (nSPS) is 10.8. The monoisotopic (exact) mass is 322 g/mol. The van der Waals surface area contributed by atoms with Crippen LogP contribution >= 0.6 is 0 Å². The Labute approximate surface area is 141 Å². The van der Waals surface area contributed by atoms with Crippen molar-refractivity contribution in [3.8, 4) is 0 Å². The van der Waals surface area contributed by atoms with Crippen LogP contribution in [0, 0.1) is 0 Å². The molecule has 0 radical (unpaired) electrons. The van der Waals surface area contributed by atoms with Crippen molar-refractivity contribution >= 4 is 22.6 Å². The predicted octanol–water partition coefficient (Wildman–Crippen LogP) is 2.61. The van der Waals surface area contributed by atoms with E-state index in [0.29, 0.717) is 12.1 Å². The first-order valence-corrected chi connectivity index (χ1v) is 8.00. The Balaban J connectivity index is 1.57. The number of benzene rings is 2. The van der Waals surface area contributed by atoms with Crippen molar-refractivity contribution in [3.63, 3.8) is 0 Å². The highest BCUT2D eigenvalue weighted by molar-refractivity contribution is 5.94. The van der Waals surface area contributed by atoms with Gasteiger partial charge in [-0.15, -0.1) is 0 Å². The van der Waals surface area contributed by atoms with Crippen LogP contribution in [0.1, 0.15) is 15.9 Å². The molecule has 1 amide bonds. The van der Waals surface area contributed by atoms with Gasteiger partial charge in [-0.1, -0.05) is 6.07 Å². The number of hydrogen-bond donors (Lipinski definition) is 1. The maximum atomic E-state index is 12.2. The molecular formula is C19H22N4O. The molecule has 1 N–H and O–H groups in total.